The van der Waals surface area contributed by atoms with Gasteiger partial charge in [0, 0.05) is 31.7 Å². The van der Waals surface area contributed by atoms with Gasteiger partial charge in [-0.25, -0.2) is 0 Å². The van der Waals surface area contributed by atoms with Crippen molar-refractivity contribution in [3.8, 4) is 5.75 Å². The van der Waals surface area contributed by atoms with E-state index in [1.807, 2.05) is 6.07 Å². The highest BCUT2D eigenvalue weighted by atomic mass is 16.5. The Morgan fingerprint density at radius 1 is 1.42 bits per heavy atom. The minimum Gasteiger partial charge on any atom is -0.497 e. The number of piperazine rings is 1. The summed E-state index contributed by atoms with van der Waals surface area (Å²) in [5, 5.41) is 3.64. The maximum atomic E-state index is 5.30. The fourth-order valence-electron chi connectivity index (χ4n) is 2.62. The first-order chi connectivity index (χ1) is 9.10. The van der Waals surface area contributed by atoms with Gasteiger partial charge in [0.05, 0.1) is 7.11 Å². The number of hydrogen-bond acceptors (Lipinski definition) is 3. The van der Waals surface area contributed by atoms with Crippen molar-refractivity contribution in [3.05, 3.63) is 29.8 Å². The second kappa shape index (κ2) is 6.40. The molecule has 0 bridgehead atoms. The third-order valence-corrected chi connectivity index (χ3v) is 4.05. The fraction of sp³-hybridized carbons (Fsp3) is 0.625. The van der Waals surface area contributed by atoms with Crippen molar-refractivity contribution in [3.63, 3.8) is 0 Å². The van der Waals surface area contributed by atoms with Gasteiger partial charge < -0.3 is 10.1 Å². The molecule has 2 unspecified atom stereocenters. The lowest BCUT2D eigenvalue weighted by molar-refractivity contribution is 0.116. The maximum absolute atomic E-state index is 5.30. The summed E-state index contributed by atoms with van der Waals surface area (Å²) in [5.74, 6) is 1.63. The Labute approximate surface area is 116 Å². The molecule has 0 radical (unpaired) electrons. The van der Waals surface area contributed by atoms with E-state index in [2.05, 4.69) is 49.2 Å². The third-order valence-electron chi connectivity index (χ3n) is 4.05. The van der Waals surface area contributed by atoms with Crippen LogP contribution in [0.25, 0.3) is 0 Å². The lowest BCUT2D eigenvalue weighted by atomic mass is 9.99. The van der Waals surface area contributed by atoms with Crippen LogP contribution in [0.3, 0.4) is 0 Å². The van der Waals surface area contributed by atoms with Crippen LogP contribution in [0, 0.1) is 5.92 Å². The zero-order valence-corrected chi connectivity index (χ0v) is 12.5. The molecule has 1 N–H and O–H groups in total. The molecule has 0 aromatic heterocycles. The van der Waals surface area contributed by atoms with E-state index in [1.165, 1.54) is 5.56 Å². The second-order valence-electron chi connectivity index (χ2n) is 5.89. The molecule has 0 amide bonds. The summed E-state index contributed by atoms with van der Waals surface area (Å²) in [7, 11) is 1.72. The number of hydrogen-bond donors (Lipinski definition) is 1. The molecule has 1 aromatic carbocycles. The van der Waals surface area contributed by atoms with E-state index in [9.17, 15) is 0 Å². The van der Waals surface area contributed by atoms with Gasteiger partial charge in [-0.1, -0.05) is 26.0 Å². The predicted octanol–water partition coefficient (Wildman–Crippen LogP) is 2.51. The van der Waals surface area contributed by atoms with Crippen LogP contribution in [-0.2, 0) is 6.54 Å². The number of nitrogens with one attached hydrogen (secondary N) is 1. The number of methoxy groups -OCH3 is 1. The van der Waals surface area contributed by atoms with Gasteiger partial charge in [-0.05, 0) is 30.5 Å². The first-order valence-corrected chi connectivity index (χ1v) is 7.20. The smallest absolute Gasteiger partial charge is 0.119 e. The molecule has 1 aromatic rings. The van der Waals surface area contributed by atoms with Crippen LogP contribution in [-0.4, -0.2) is 37.2 Å². The lowest BCUT2D eigenvalue weighted by Crippen LogP contribution is -2.56. The number of benzene rings is 1. The van der Waals surface area contributed by atoms with Crippen molar-refractivity contribution < 1.29 is 4.74 Å². The Bertz CT molecular complexity index is 405. The minimum absolute atomic E-state index is 0.584. The van der Waals surface area contributed by atoms with E-state index in [1.54, 1.807) is 7.11 Å². The first kappa shape index (κ1) is 14.4. The molecular weight excluding hydrogens is 236 g/mol. The van der Waals surface area contributed by atoms with Gasteiger partial charge in [0.1, 0.15) is 5.75 Å². The molecule has 106 valence electrons. The van der Waals surface area contributed by atoms with E-state index < -0.39 is 0 Å². The van der Waals surface area contributed by atoms with Crippen LogP contribution in [0.5, 0.6) is 5.75 Å². The van der Waals surface area contributed by atoms with E-state index in [0.29, 0.717) is 18.0 Å². The summed E-state index contributed by atoms with van der Waals surface area (Å²) in [6, 6.07) is 9.58. The molecule has 1 saturated heterocycles. The van der Waals surface area contributed by atoms with Crippen LogP contribution < -0.4 is 10.1 Å². The first-order valence-electron chi connectivity index (χ1n) is 7.20. The quantitative estimate of drug-likeness (QED) is 0.902. The number of ether oxygens (including phenoxy) is 1. The summed E-state index contributed by atoms with van der Waals surface area (Å²) < 4.78 is 5.30. The summed E-state index contributed by atoms with van der Waals surface area (Å²) in [6.07, 6.45) is 0. The van der Waals surface area contributed by atoms with Gasteiger partial charge >= 0.3 is 0 Å². The number of rotatable bonds is 4. The highest BCUT2D eigenvalue weighted by Gasteiger charge is 2.26. The van der Waals surface area contributed by atoms with Crippen molar-refractivity contribution >= 4 is 0 Å². The highest BCUT2D eigenvalue weighted by molar-refractivity contribution is 5.28. The van der Waals surface area contributed by atoms with Crippen molar-refractivity contribution in [1.82, 2.24) is 10.2 Å². The molecule has 0 saturated carbocycles. The van der Waals surface area contributed by atoms with Crippen molar-refractivity contribution in [2.45, 2.75) is 39.4 Å². The Morgan fingerprint density at radius 3 is 2.89 bits per heavy atom. The van der Waals surface area contributed by atoms with Gasteiger partial charge in [0.2, 0.25) is 0 Å². The molecule has 0 spiro atoms. The summed E-state index contributed by atoms with van der Waals surface area (Å²) >= 11 is 0. The SMILES string of the molecule is COc1cccc(CN2CC(C(C)C)NCC2C)c1. The van der Waals surface area contributed by atoms with Gasteiger partial charge in [-0.15, -0.1) is 0 Å². The van der Waals surface area contributed by atoms with E-state index in [-0.39, 0.29) is 0 Å². The van der Waals surface area contributed by atoms with Crippen LogP contribution in [0.2, 0.25) is 0 Å². The summed E-state index contributed by atoms with van der Waals surface area (Å²) in [4.78, 5) is 2.57. The summed E-state index contributed by atoms with van der Waals surface area (Å²) in [6.45, 7) is 10.1. The topological polar surface area (TPSA) is 24.5 Å². The molecular formula is C16H26N2O. The average molecular weight is 262 g/mol. The molecule has 0 aliphatic carbocycles. The Balaban J connectivity index is 2.03. The third kappa shape index (κ3) is 3.71. The Hall–Kier alpha value is -1.06. The van der Waals surface area contributed by atoms with Crippen molar-refractivity contribution in [2.75, 3.05) is 20.2 Å². The Morgan fingerprint density at radius 2 is 2.21 bits per heavy atom. The monoisotopic (exact) mass is 262 g/mol. The molecule has 1 aliphatic heterocycles. The maximum Gasteiger partial charge on any atom is 0.119 e. The average Bonchev–Trinajstić information content (AvgIpc) is 2.41. The largest absolute Gasteiger partial charge is 0.497 e. The second-order valence-corrected chi connectivity index (χ2v) is 5.89. The molecule has 3 heteroatoms. The van der Waals surface area contributed by atoms with Gasteiger partial charge in [0.15, 0.2) is 0 Å². The predicted molar refractivity (Wildman–Crippen MR) is 79.5 cm³/mol. The zero-order valence-electron chi connectivity index (χ0n) is 12.5. The van der Waals surface area contributed by atoms with Crippen LogP contribution in [0.4, 0.5) is 0 Å². The van der Waals surface area contributed by atoms with E-state index in [4.69, 9.17) is 4.74 Å². The van der Waals surface area contributed by atoms with Crippen molar-refractivity contribution in [1.29, 1.82) is 0 Å². The van der Waals surface area contributed by atoms with E-state index in [0.717, 1.165) is 25.4 Å². The fourth-order valence-corrected chi connectivity index (χ4v) is 2.62. The van der Waals surface area contributed by atoms with Gasteiger partial charge in [-0.3, -0.25) is 4.90 Å². The van der Waals surface area contributed by atoms with Crippen LogP contribution >= 0.6 is 0 Å². The number of nitrogens with zero attached hydrogens (tertiary/aromatic N) is 1. The standard InChI is InChI=1S/C16H26N2O/c1-12(2)16-11-18(13(3)9-17-16)10-14-6-5-7-15(8-14)19-4/h5-8,12-13,16-17H,9-11H2,1-4H3. The van der Waals surface area contributed by atoms with Crippen LogP contribution in [0.1, 0.15) is 26.3 Å². The lowest BCUT2D eigenvalue weighted by Gasteiger charge is -2.40. The highest BCUT2D eigenvalue weighted by Crippen LogP contribution is 2.18. The summed E-state index contributed by atoms with van der Waals surface area (Å²) in [5.41, 5.74) is 1.33. The molecule has 1 fully saturated rings. The zero-order chi connectivity index (χ0) is 13.8. The minimum atomic E-state index is 0.584. The van der Waals surface area contributed by atoms with E-state index >= 15 is 0 Å². The molecule has 3 nitrogen and oxygen atoms in total. The molecule has 1 aliphatic rings. The normalized spacial score (nSPS) is 24.7. The molecule has 1 heterocycles. The van der Waals surface area contributed by atoms with Crippen molar-refractivity contribution in [2.24, 2.45) is 5.92 Å². The molecule has 19 heavy (non-hydrogen) atoms. The molecule has 2 atom stereocenters. The molecule has 2 rings (SSSR count). The van der Waals surface area contributed by atoms with Gasteiger partial charge in [0.25, 0.3) is 0 Å². The Kier molecular flexibility index (Phi) is 4.83. The van der Waals surface area contributed by atoms with Gasteiger partial charge in [-0.2, -0.15) is 0 Å². The van der Waals surface area contributed by atoms with Crippen LogP contribution in [0.15, 0.2) is 24.3 Å².